The number of thiazole rings is 1. The Labute approximate surface area is 225 Å². The van der Waals surface area contributed by atoms with Gasteiger partial charge in [-0.25, -0.2) is 15.0 Å². The molecule has 3 N–H and O–H groups in total. The van der Waals surface area contributed by atoms with Gasteiger partial charge >= 0.3 is 0 Å². The van der Waals surface area contributed by atoms with Gasteiger partial charge in [-0.2, -0.15) is 0 Å². The zero-order valence-electron chi connectivity index (χ0n) is 21.0. The summed E-state index contributed by atoms with van der Waals surface area (Å²) in [5, 5.41) is 15.8. The quantitative estimate of drug-likeness (QED) is 0.293. The predicted octanol–water partition coefficient (Wildman–Crippen LogP) is 4.14. The molecule has 10 nitrogen and oxygen atoms in total. The number of aliphatic hydroxyl groups is 1. The van der Waals surface area contributed by atoms with Gasteiger partial charge < -0.3 is 25.4 Å². The fraction of sp³-hybridized carbons (Fsp3) is 0.259. The van der Waals surface area contributed by atoms with Gasteiger partial charge in [-0.15, -0.1) is 0 Å². The van der Waals surface area contributed by atoms with Gasteiger partial charge in [0.05, 0.1) is 12.8 Å². The van der Waals surface area contributed by atoms with Crippen molar-refractivity contribution < 1.29 is 14.6 Å². The molecule has 11 heteroatoms. The van der Waals surface area contributed by atoms with Crippen LogP contribution < -0.4 is 20.3 Å². The summed E-state index contributed by atoms with van der Waals surface area (Å²) in [4.78, 5) is 31.2. The number of hydrogen-bond acceptors (Lipinski definition) is 10. The maximum absolute atomic E-state index is 12.8. The van der Waals surface area contributed by atoms with Gasteiger partial charge in [0.1, 0.15) is 33.8 Å². The normalized spacial score (nSPS) is 13.8. The minimum Gasteiger partial charge on any atom is -0.457 e. The third-order valence-electron chi connectivity index (χ3n) is 5.99. The van der Waals surface area contributed by atoms with Crippen molar-refractivity contribution in [1.82, 2.24) is 19.9 Å². The molecule has 2 aromatic heterocycles. The molecule has 1 aliphatic heterocycles. The lowest BCUT2D eigenvalue weighted by molar-refractivity contribution is 0.103. The number of hydrogen-bond donors (Lipinski definition) is 3. The largest absolute Gasteiger partial charge is 0.457 e. The first-order valence-corrected chi connectivity index (χ1v) is 13.2. The number of aliphatic hydroxyl groups excluding tert-OH is 1. The van der Waals surface area contributed by atoms with Gasteiger partial charge in [-0.3, -0.25) is 9.69 Å². The molecule has 1 fully saturated rings. The Morgan fingerprint density at radius 3 is 2.50 bits per heavy atom. The first-order valence-electron chi connectivity index (χ1n) is 12.4. The van der Waals surface area contributed by atoms with Crippen molar-refractivity contribution in [3.63, 3.8) is 0 Å². The zero-order valence-corrected chi connectivity index (χ0v) is 21.8. The van der Waals surface area contributed by atoms with E-state index in [1.165, 1.54) is 11.3 Å². The Morgan fingerprint density at radius 2 is 1.76 bits per heavy atom. The molecular formula is C27H29N7O3S. The number of aryl methyl sites for hydroxylation is 1. The minimum absolute atomic E-state index is 0.171. The molecule has 38 heavy (non-hydrogen) atoms. The number of aromatic nitrogens is 3. The molecule has 4 aromatic rings. The third-order valence-corrected chi connectivity index (χ3v) is 6.90. The van der Waals surface area contributed by atoms with Crippen LogP contribution in [-0.4, -0.2) is 70.2 Å². The van der Waals surface area contributed by atoms with Gasteiger partial charge in [0.25, 0.3) is 5.91 Å². The molecule has 2 aromatic carbocycles. The number of nitrogens with one attached hydrogen (secondary N) is 2. The molecular weight excluding hydrogens is 502 g/mol. The maximum atomic E-state index is 12.8. The van der Waals surface area contributed by atoms with Crippen LogP contribution in [0.5, 0.6) is 11.5 Å². The van der Waals surface area contributed by atoms with E-state index in [0.29, 0.717) is 39.6 Å². The molecule has 0 saturated carbocycles. The van der Waals surface area contributed by atoms with Crippen molar-refractivity contribution in [2.75, 3.05) is 54.9 Å². The van der Waals surface area contributed by atoms with E-state index in [1.807, 2.05) is 55.5 Å². The van der Waals surface area contributed by atoms with E-state index in [4.69, 9.17) is 9.84 Å². The molecule has 0 aliphatic carbocycles. The molecule has 1 amide bonds. The number of amides is 1. The summed E-state index contributed by atoms with van der Waals surface area (Å²) >= 11 is 1.25. The van der Waals surface area contributed by atoms with Gasteiger partial charge in [0.2, 0.25) is 0 Å². The number of nitrogens with zero attached hydrogens (tertiary/aromatic N) is 5. The Bertz CT molecular complexity index is 1360. The molecule has 5 rings (SSSR count). The summed E-state index contributed by atoms with van der Waals surface area (Å²) in [6, 6.07) is 18.6. The van der Waals surface area contributed by atoms with E-state index < -0.39 is 0 Å². The van der Waals surface area contributed by atoms with Crippen molar-refractivity contribution >= 4 is 39.7 Å². The number of ether oxygens (including phenoxy) is 1. The number of β-amino-alcohol motifs (C(OH)–C–C–N with tert-alkyl or cyclic N) is 1. The van der Waals surface area contributed by atoms with Crippen LogP contribution in [0.3, 0.4) is 0 Å². The van der Waals surface area contributed by atoms with Gasteiger partial charge in [0.15, 0.2) is 5.13 Å². The summed E-state index contributed by atoms with van der Waals surface area (Å²) < 4.78 is 5.80. The average Bonchev–Trinajstić information content (AvgIpc) is 3.39. The summed E-state index contributed by atoms with van der Waals surface area (Å²) in [7, 11) is 0. The Hall–Kier alpha value is -4.06. The van der Waals surface area contributed by atoms with Crippen molar-refractivity contribution in [2.24, 2.45) is 0 Å². The van der Waals surface area contributed by atoms with Crippen molar-refractivity contribution in [1.29, 1.82) is 0 Å². The SMILES string of the molecule is Cc1nc(Nc2ncc(C(=O)Nc3ccc(Oc4ccccc4)cc3)s2)cc(N2CCN(CCO)CC2)n1. The molecule has 0 bridgehead atoms. The van der Waals surface area contributed by atoms with Crippen LogP contribution in [0.15, 0.2) is 66.9 Å². The topological polar surface area (TPSA) is 116 Å². The average molecular weight is 532 g/mol. The molecule has 0 atom stereocenters. The van der Waals surface area contributed by atoms with Crippen LogP contribution in [0.1, 0.15) is 15.5 Å². The van der Waals surface area contributed by atoms with Gasteiger partial charge in [-0.1, -0.05) is 29.5 Å². The fourth-order valence-corrected chi connectivity index (χ4v) is 4.81. The summed E-state index contributed by atoms with van der Waals surface area (Å²) in [5.41, 5.74) is 0.661. The van der Waals surface area contributed by atoms with Crippen molar-refractivity contribution in [3.05, 3.63) is 77.6 Å². The number of para-hydroxylation sites is 1. The lowest BCUT2D eigenvalue weighted by Gasteiger charge is -2.35. The first kappa shape index (κ1) is 25.6. The molecule has 0 spiro atoms. The van der Waals surface area contributed by atoms with E-state index in [0.717, 1.165) is 37.7 Å². The van der Waals surface area contributed by atoms with Crippen LogP contribution in [-0.2, 0) is 0 Å². The van der Waals surface area contributed by atoms with Crippen LogP contribution in [0.4, 0.5) is 22.5 Å². The highest BCUT2D eigenvalue weighted by molar-refractivity contribution is 7.17. The predicted molar refractivity (Wildman–Crippen MR) is 149 cm³/mol. The Kier molecular flexibility index (Phi) is 8.07. The number of carbonyl (C=O) groups excluding carboxylic acids is 1. The van der Waals surface area contributed by atoms with Gasteiger partial charge in [0, 0.05) is 44.5 Å². The molecule has 0 radical (unpaired) electrons. The van der Waals surface area contributed by atoms with Crippen molar-refractivity contribution in [2.45, 2.75) is 6.92 Å². The monoisotopic (exact) mass is 531 g/mol. The number of anilines is 4. The van der Waals surface area contributed by atoms with Gasteiger partial charge in [-0.05, 0) is 43.3 Å². The van der Waals surface area contributed by atoms with E-state index in [2.05, 4.69) is 35.4 Å². The van der Waals surface area contributed by atoms with Crippen LogP contribution >= 0.6 is 11.3 Å². The zero-order chi connectivity index (χ0) is 26.3. The second-order valence-electron chi connectivity index (χ2n) is 8.76. The highest BCUT2D eigenvalue weighted by atomic mass is 32.1. The lowest BCUT2D eigenvalue weighted by Crippen LogP contribution is -2.47. The highest BCUT2D eigenvalue weighted by Gasteiger charge is 2.19. The fourth-order valence-electron chi connectivity index (χ4n) is 4.09. The van der Waals surface area contributed by atoms with Crippen LogP contribution in [0, 0.1) is 6.92 Å². The molecule has 3 heterocycles. The summed E-state index contributed by atoms with van der Waals surface area (Å²) in [5.74, 6) is 3.31. The van der Waals surface area contributed by atoms with Crippen molar-refractivity contribution in [3.8, 4) is 11.5 Å². The smallest absolute Gasteiger partial charge is 0.267 e. The van der Waals surface area contributed by atoms with E-state index >= 15 is 0 Å². The van der Waals surface area contributed by atoms with Crippen LogP contribution in [0.2, 0.25) is 0 Å². The summed E-state index contributed by atoms with van der Waals surface area (Å²) in [6.07, 6.45) is 1.55. The molecule has 0 unspecified atom stereocenters. The molecule has 1 aliphatic rings. The number of rotatable bonds is 9. The Balaban J connectivity index is 1.18. The number of carbonyl (C=O) groups is 1. The van der Waals surface area contributed by atoms with E-state index in [-0.39, 0.29) is 12.5 Å². The minimum atomic E-state index is -0.243. The van der Waals surface area contributed by atoms with Crippen LogP contribution in [0.25, 0.3) is 0 Å². The number of piperazine rings is 1. The summed E-state index contributed by atoms with van der Waals surface area (Å²) in [6.45, 7) is 6.13. The lowest BCUT2D eigenvalue weighted by atomic mass is 10.3. The standard InChI is InChI=1S/C27H29N7O3S/c1-19-29-24(17-25(30-19)34-13-11-33(12-14-34)15-16-35)32-27-28-18-23(38-27)26(36)31-20-7-9-22(10-8-20)37-21-5-3-2-4-6-21/h2-10,17-18,35H,11-16H2,1H3,(H,31,36)(H,28,29,30,32). The molecule has 196 valence electrons. The second-order valence-corrected chi connectivity index (χ2v) is 9.79. The second kappa shape index (κ2) is 12.0. The highest BCUT2D eigenvalue weighted by Crippen LogP contribution is 2.26. The Morgan fingerprint density at radius 1 is 1.03 bits per heavy atom. The maximum Gasteiger partial charge on any atom is 0.267 e. The van der Waals surface area contributed by atoms with E-state index in [1.54, 1.807) is 18.3 Å². The first-order chi connectivity index (χ1) is 18.6. The van der Waals surface area contributed by atoms with E-state index in [9.17, 15) is 4.79 Å². The number of benzene rings is 2. The molecule has 1 saturated heterocycles. The third kappa shape index (κ3) is 6.62.